The molecule has 1 aromatic rings. The van der Waals surface area contributed by atoms with E-state index in [1.807, 2.05) is 32.0 Å². The molecule has 1 aliphatic carbocycles. The Morgan fingerprint density at radius 2 is 2.14 bits per heavy atom. The van der Waals surface area contributed by atoms with Crippen molar-refractivity contribution in [3.63, 3.8) is 0 Å². The van der Waals surface area contributed by atoms with Gasteiger partial charge in [-0.15, -0.1) is 0 Å². The van der Waals surface area contributed by atoms with Crippen LogP contribution in [-0.4, -0.2) is 30.4 Å². The number of aliphatic hydroxyl groups excluding tert-OH is 1. The predicted molar refractivity (Wildman–Crippen MR) is 87.3 cm³/mol. The van der Waals surface area contributed by atoms with Gasteiger partial charge in [-0.3, -0.25) is 0 Å². The molecule has 0 aliphatic heterocycles. The number of aliphatic hydroxyl groups is 1. The Balaban J connectivity index is 1.93. The second kappa shape index (κ2) is 8.03. The molecule has 2 rings (SSSR count). The number of benzene rings is 1. The van der Waals surface area contributed by atoms with E-state index >= 15 is 0 Å². The molecule has 0 spiro atoms. The lowest BCUT2D eigenvalue weighted by molar-refractivity contribution is 0.156. The monoisotopic (exact) mass is 306 g/mol. The fourth-order valence-corrected chi connectivity index (χ4v) is 2.98. The molecule has 1 aromatic carbocycles. The molecule has 5 nitrogen and oxygen atoms in total. The summed E-state index contributed by atoms with van der Waals surface area (Å²) in [7, 11) is 0. The number of urea groups is 1. The number of carbonyl (C=O) groups excluding carboxylic acids is 1. The molecule has 0 radical (unpaired) electrons. The Bertz CT molecular complexity index is 505. The Morgan fingerprint density at radius 3 is 2.82 bits per heavy atom. The van der Waals surface area contributed by atoms with Gasteiger partial charge >= 0.3 is 6.03 Å². The van der Waals surface area contributed by atoms with Gasteiger partial charge in [0.05, 0.1) is 6.61 Å². The SMILES string of the molecule is CCOc1ccc(NC(=O)N[C@@H]2CCCC[C@H]2CO)c(C)c1. The molecule has 122 valence electrons. The van der Waals surface area contributed by atoms with E-state index in [9.17, 15) is 9.90 Å². The number of carbonyl (C=O) groups is 1. The van der Waals surface area contributed by atoms with Gasteiger partial charge in [0.15, 0.2) is 0 Å². The third-order valence-corrected chi connectivity index (χ3v) is 4.22. The third kappa shape index (κ3) is 4.37. The van der Waals surface area contributed by atoms with E-state index in [1.165, 1.54) is 0 Å². The molecule has 0 bridgehead atoms. The van der Waals surface area contributed by atoms with Crippen molar-refractivity contribution in [1.82, 2.24) is 5.32 Å². The van der Waals surface area contributed by atoms with Gasteiger partial charge in [-0.1, -0.05) is 12.8 Å². The number of nitrogens with one attached hydrogen (secondary N) is 2. The first-order valence-electron chi connectivity index (χ1n) is 8.06. The van der Waals surface area contributed by atoms with Crippen molar-refractivity contribution in [3.8, 4) is 5.75 Å². The van der Waals surface area contributed by atoms with Gasteiger partial charge in [0, 0.05) is 24.3 Å². The molecule has 1 aliphatic rings. The zero-order valence-corrected chi connectivity index (χ0v) is 13.4. The molecule has 0 aromatic heterocycles. The molecule has 1 fully saturated rings. The Hall–Kier alpha value is -1.75. The van der Waals surface area contributed by atoms with E-state index in [0.717, 1.165) is 42.7 Å². The summed E-state index contributed by atoms with van der Waals surface area (Å²) >= 11 is 0. The van der Waals surface area contributed by atoms with Crippen LogP contribution in [0.2, 0.25) is 0 Å². The number of rotatable bonds is 5. The van der Waals surface area contributed by atoms with Crippen molar-refractivity contribution in [2.75, 3.05) is 18.5 Å². The van der Waals surface area contributed by atoms with Crippen LogP contribution in [0.3, 0.4) is 0 Å². The molecule has 1 saturated carbocycles. The standard InChI is InChI=1S/C17H26N2O3/c1-3-22-14-8-9-15(12(2)10-14)18-17(21)19-16-7-5-4-6-13(16)11-20/h8-10,13,16,20H,3-7,11H2,1-2H3,(H2,18,19,21)/t13-,16+/m0/s1. The molecule has 2 atom stereocenters. The number of ether oxygens (including phenoxy) is 1. The van der Waals surface area contributed by atoms with Gasteiger partial charge in [0.25, 0.3) is 0 Å². The van der Waals surface area contributed by atoms with E-state index in [1.54, 1.807) is 0 Å². The molecule has 22 heavy (non-hydrogen) atoms. The van der Waals surface area contributed by atoms with Crippen molar-refractivity contribution in [2.24, 2.45) is 5.92 Å². The van der Waals surface area contributed by atoms with Crippen molar-refractivity contribution < 1.29 is 14.6 Å². The molecule has 2 amide bonds. The van der Waals surface area contributed by atoms with E-state index in [4.69, 9.17) is 4.74 Å². The van der Waals surface area contributed by atoms with Crippen LogP contribution in [0.15, 0.2) is 18.2 Å². The molecular formula is C17H26N2O3. The van der Waals surface area contributed by atoms with Gasteiger partial charge in [-0.05, 0) is 50.5 Å². The number of anilines is 1. The minimum atomic E-state index is -0.211. The van der Waals surface area contributed by atoms with E-state index in [0.29, 0.717) is 6.61 Å². The zero-order valence-electron chi connectivity index (χ0n) is 13.4. The summed E-state index contributed by atoms with van der Waals surface area (Å²) in [4.78, 5) is 12.2. The molecular weight excluding hydrogens is 280 g/mol. The van der Waals surface area contributed by atoms with Gasteiger partial charge in [0.2, 0.25) is 0 Å². The minimum absolute atomic E-state index is 0.0572. The van der Waals surface area contributed by atoms with E-state index < -0.39 is 0 Å². The van der Waals surface area contributed by atoms with Gasteiger partial charge in [-0.25, -0.2) is 4.79 Å². The zero-order chi connectivity index (χ0) is 15.9. The Morgan fingerprint density at radius 1 is 1.36 bits per heavy atom. The Labute approximate surface area is 132 Å². The first-order valence-corrected chi connectivity index (χ1v) is 8.06. The average Bonchev–Trinajstić information content (AvgIpc) is 2.51. The normalized spacial score (nSPS) is 21.2. The number of hydrogen-bond acceptors (Lipinski definition) is 3. The lowest BCUT2D eigenvalue weighted by atomic mass is 9.85. The highest BCUT2D eigenvalue weighted by Gasteiger charge is 2.25. The molecule has 5 heteroatoms. The summed E-state index contributed by atoms with van der Waals surface area (Å²) in [6.45, 7) is 4.63. The van der Waals surface area contributed by atoms with Crippen LogP contribution >= 0.6 is 0 Å². The summed E-state index contributed by atoms with van der Waals surface area (Å²) in [6.07, 6.45) is 4.14. The number of hydrogen-bond donors (Lipinski definition) is 3. The summed E-state index contributed by atoms with van der Waals surface area (Å²) < 4.78 is 5.44. The summed E-state index contributed by atoms with van der Waals surface area (Å²) in [5.41, 5.74) is 1.74. The smallest absolute Gasteiger partial charge is 0.319 e. The minimum Gasteiger partial charge on any atom is -0.494 e. The van der Waals surface area contributed by atoms with Crippen LogP contribution in [0.25, 0.3) is 0 Å². The highest BCUT2D eigenvalue weighted by Crippen LogP contribution is 2.25. The summed E-state index contributed by atoms with van der Waals surface area (Å²) in [5, 5.41) is 15.3. The van der Waals surface area contributed by atoms with Crippen molar-refractivity contribution in [1.29, 1.82) is 0 Å². The molecule has 0 unspecified atom stereocenters. The molecule has 3 N–H and O–H groups in total. The Kier molecular flexibility index (Phi) is 6.07. The lowest BCUT2D eigenvalue weighted by Crippen LogP contribution is -2.45. The molecule has 0 saturated heterocycles. The van der Waals surface area contributed by atoms with E-state index in [2.05, 4.69) is 10.6 Å². The number of aryl methyl sites for hydroxylation is 1. The maximum Gasteiger partial charge on any atom is 0.319 e. The molecule has 0 heterocycles. The van der Waals surface area contributed by atoms with Gasteiger partial charge in [0.1, 0.15) is 5.75 Å². The maximum absolute atomic E-state index is 12.2. The second-order valence-electron chi connectivity index (χ2n) is 5.84. The van der Waals surface area contributed by atoms with E-state index in [-0.39, 0.29) is 24.6 Å². The van der Waals surface area contributed by atoms with Gasteiger partial charge in [-0.2, -0.15) is 0 Å². The average molecular weight is 306 g/mol. The summed E-state index contributed by atoms with van der Waals surface area (Å²) in [5.74, 6) is 0.972. The van der Waals surface area contributed by atoms with Gasteiger partial charge < -0.3 is 20.5 Å². The number of amides is 2. The van der Waals surface area contributed by atoms with Crippen molar-refractivity contribution >= 4 is 11.7 Å². The first kappa shape index (κ1) is 16.6. The fraction of sp³-hybridized carbons (Fsp3) is 0.588. The largest absolute Gasteiger partial charge is 0.494 e. The first-order chi connectivity index (χ1) is 10.6. The van der Waals surface area contributed by atoms with Crippen LogP contribution in [-0.2, 0) is 0 Å². The maximum atomic E-state index is 12.2. The lowest BCUT2D eigenvalue weighted by Gasteiger charge is -2.30. The van der Waals surface area contributed by atoms with Crippen molar-refractivity contribution in [3.05, 3.63) is 23.8 Å². The summed E-state index contributed by atoms with van der Waals surface area (Å²) in [6, 6.07) is 5.46. The second-order valence-corrected chi connectivity index (χ2v) is 5.84. The highest BCUT2D eigenvalue weighted by molar-refractivity contribution is 5.90. The van der Waals surface area contributed by atoms with Crippen molar-refractivity contribution in [2.45, 2.75) is 45.6 Å². The van der Waals surface area contributed by atoms with Crippen LogP contribution in [0.4, 0.5) is 10.5 Å². The van der Waals surface area contributed by atoms with Crippen LogP contribution < -0.4 is 15.4 Å². The fourth-order valence-electron chi connectivity index (χ4n) is 2.98. The van der Waals surface area contributed by atoms with Crippen LogP contribution in [0.1, 0.15) is 38.2 Å². The highest BCUT2D eigenvalue weighted by atomic mass is 16.5. The predicted octanol–water partition coefficient (Wildman–Crippen LogP) is 3.07. The van der Waals surface area contributed by atoms with Crippen LogP contribution in [0.5, 0.6) is 5.75 Å². The quantitative estimate of drug-likeness (QED) is 0.783. The van der Waals surface area contributed by atoms with Crippen LogP contribution in [0, 0.1) is 12.8 Å². The topological polar surface area (TPSA) is 70.6 Å². The third-order valence-electron chi connectivity index (χ3n) is 4.22.